The Labute approximate surface area is 157 Å². The van der Waals surface area contributed by atoms with Crippen molar-refractivity contribution in [3.8, 4) is 5.75 Å². The first-order chi connectivity index (χ1) is 12.4. The van der Waals surface area contributed by atoms with Crippen LogP contribution in [0.4, 0.5) is 4.39 Å². The summed E-state index contributed by atoms with van der Waals surface area (Å²) in [7, 11) is 3.47. The summed E-state index contributed by atoms with van der Waals surface area (Å²) < 4.78 is 19.7. The number of ether oxygens (including phenoxy) is 1. The van der Waals surface area contributed by atoms with E-state index < -0.39 is 5.82 Å². The van der Waals surface area contributed by atoms with Gasteiger partial charge in [-0.05, 0) is 29.8 Å². The van der Waals surface area contributed by atoms with Crippen LogP contribution in [0, 0.1) is 5.82 Å². The first-order valence-corrected chi connectivity index (χ1v) is 8.77. The monoisotopic (exact) mass is 377 g/mol. The molecule has 0 aliphatic carbocycles. The van der Waals surface area contributed by atoms with Crippen molar-refractivity contribution in [2.24, 2.45) is 0 Å². The topological polar surface area (TPSA) is 45.7 Å². The normalized spacial score (nSPS) is 20.2. The Morgan fingerprint density at radius 3 is 2.73 bits per heavy atom. The van der Waals surface area contributed by atoms with E-state index in [0.29, 0.717) is 19.5 Å². The van der Waals surface area contributed by atoms with Crippen LogP contribution in [-0.2, 0) is 11.3 Å². The maximum absolute atomic E-state index is 13.7. The predicted octanol–water partition coefficient (Wildman–Crippen LogP) is 2.98. The average Bonchev–Trinajstić information content (AvgIpc) is 3.00. The van der Waals surface area contributed by atoms with Gasteiger partial charge in [0.25, 0.3) is 0 Å². The molecule has 2 aromatic rings. The number of nitrogens with zero attached hydrogens (tertiary/aromatic N) is 3. The van der Waals surface area contributed by atoms with Gasteiger partial charge in [-0.25, -0.2) is 4.39 Å². The van der Waals surface area contributed by atoms with Crippen LogP contribution in [0.3, 0.4) is 0 Å². The second-order valence-electron chi connectivity index (χ2n) is 6.58. The van der Waals surface area contributed by atoms with Crippen LogP contribution in [0.2, 0.25) is 5.02 Å². The number of halogens is 2. The van der Waals surface area contributed by atoms with Gasteiger partial charge in [0.2, 0.25) is 5.91 Å². The minimum atomic E-state index is -0.455. The fourth-order valence-electron chi connectivity index (χ4n) is 3.16. The minimum Gasteiger partial charge on any atom is -0.489 e. The first kappa shape index (κ1) is 18.6. The van der Waals surface area contributed by atoms with E-state index in [1.165, 1.54) is 12.1 Å². The highest BCUT2D eigenvalue weighted by atomic mass is 35.5. The van der Waals surface area contributed by atoms with E-state index in [1.54, 1.807) is 49.6 Å². The second-order valence-corrected chi connectivity index (χ2v) is 6.99. The molecule has 3 rings (SSSR count). The number of benzene rings is 1. The number of hydrogen-bond acceptors (Lipinski definition) is 4. The highest BCUT2D eigenvalue weighted by molar-refractivity contribution is 6.30. The van der Waals surface area contributed by atoms with Crippen LogP contribution in [0.25, 0.3) is 0 Å². The van der Waals surface area contributed by atoms with Crippen LogP contribution in [-0.4, -0.2) is 53.5 Å². The molecule has 2 atom stereocenters. The first-order valence-electron chi connectivity index (χ1n) is 8.40. The van der Waals surface area contributed by atoms with E-state index in [1.807, 2.05) is 4.90 Å². The molecule has 7 heteroatoms. The van der Waals surface area contributed by atoms with Crippen molar-refractivity contribution in [2.75, 3.05) is 20.6 Å². The Kier molecular flexibility index (Phi) is 5.74. The third kappa shape index (κ3) is 4.31. The summed E-state index contributed by atoms with van der Waals surface area (Å²) in [5, 5.41) is 0.0926. The van der Waals surface area contributed by atoms with Crippen LogP contribution in [0.15, 0.2) is 42.7 Å². The van der Waals surface area contributed by atoms with Gasteiger partial charge >= 0.3 is 0 Å². The molecule has 0 radical (unpaired) electrons. The molecule has 0 unspecified atom stereocenters. The number of hydrogen-bond donors (Lipinski definition) is 0. The van der Waals surface area contributed by atoms with Crippen molar-refractivity contribution in [3.63, 3.8) is 0 Å². The third-order valence-corrected chi connectivity index (χ3v) is 4.72. The summed E-state index contributed by atoms with van der Waals surface area (Å²) in [6, 6.07) is 8.00. The fraction of sp³-hybridized carbons (Fsp3) is 0.368. The molecular weight excluding hydrogens is 357 g/mol. The molecule has 1 aromatic carbocycles. The zero-order valence-electron chi connectivity index (χ0n) is 14.7. The summed E-state index contributed by atoms with van der Waals surface area (Å²) >= 11 is 5.76. The molecule has 5 nitrogen and oxygen atoms in total. The third-order valence-electron chi connectivity index (χ3n) is 4.41. The molecule has 2 heterocycles. The molecule has 1 fully saturated rings. The molecule has 0 bridgehead atoms. The lowest BCUT2D eigenvalue weighted by Gasteiger charge is -2.25. The van der Waals surface area contributed by atoms with Crippen molar-refractivity contribution < 1.29 is 13.9 Å². The lowest BCUT2D eigenvalue weighted by atomic mass is 10.1. The number of likely N-dealkylation sites (tertiary alicyclic amines) is 1. The highest BCUT2D eigenvalue weighted by Crippen LogP contribution is 2.26. The summed E-state index contributed by atoms with van der Waals surface area (Å²) in [5.74, 6) is 0.282. The van der Waals surface area contributed by atoms with Gasteiger partial charge in [-0.2, -0.15) is 0 Å². The van der Waals surface area contributed by atoms with Gasteiger partial charge in [-0.15, -0.1) is 0 Å². The molecule has 26 heavy (non-hydrogen) atoms. The Morgan fingerprint density at radius 2 is 2.08 bits per heavy atom. The number of pyridine rings is 1. The average molecular weight is 378 g/mol. The summed E-state index contributed by atoms with van der Waals surface area (Å²) in [5.41, 5.74) is 0.771. The Balaban J connectivity index is 1.75. The number of rotatable bonds is 5. The number of carbonyl (C=O) groups excluding carboxylic acids is 1. The maximum atomic E-state index is 13.7. The second kappa shape index (κ2) is 8.01. The number of amides is 1. The zero-order chi connectivity index (χ0) is 18.7. The largest absolute Gasteiger partial charge is 0.489 e. The maximum Gasteiger partial charge on any atom is 0.239 e. The standard InChI is InChI=1S/C19H21ClFN3O2/c1-23(2)19(25)18-10-15(26-14-5-7-22-8-6-14)12-24(18)11-13-3-4-16(20)17(21)9-13/h3-9,15,18H,10-12H2,1-2H3/t15-,18+/m1/s1. The van der Waals surface area contributed by atoms with Crippen LogP contribution < -0.4 is 4.74 Å². The molecule has 1 aromatic heterocycles. The molecule has 1 aliphatic rings. The van der Waals surface area contributed by atoms with Crippen LogP contribution in [0.1, 0.15) is 12.0 Å². The molecular formula is C19H21ClFN3O2. The number of aromatic nitrogens is 1. The van der Waals surface area contributed by atoms with Crippen molar-refractivity contribution in [3.05, 3.63) is 59.1 Å². The predicted molar refractivity (Wildman–Crippen MR) is 97.6 cm³/mol. The summed E-state index contributed by atoms with van der Waals surface area (Å²) in [6.07, 6.45) is 3.79. The van der Waals surface area contributed by atoms with Crippen molar-refractivity contribution in [2.45, 2.75) is 25.1 Å². The molecule has 1 aliphatic heterocycles. The zero-order valence-corrected chi connectivity index (χ0v) is 15.5. The lowest BCUT2D eigenvalue weighted by Crippen LogP contribution is -2.42. The Hall–Kier alpha value is -2.18. The Morgan fingerprint density at radius 1 is 1.35 bits per heavy atom. The molecule has 1 amide bonds. The van der Waals surface area contributed by atoms with Gasteiger partial charge in [0.15, 0.2) is 0 Å². The molecule has 0 N–H and O–H groups in total. The molecule has 0 saturated carbocycles. The minimum absolute atomic E-state index is 0.0141. The SMILES string of the molecule is CN(C)C(=O)[C@@H]1C[C@@H](Oc2ccncc2)CN1Cc1ccc(Cl)c(F)c1. The van der Waals surface area contributed by atoms with E-state index in [2.05, 4.69) is 4.98 Å². The Bertz CT molecular complexity index is 773. The number of carbonyl (C=O) groups is 1. The molecule has 1 saturated heterocycles. The van der Waals surface area contributed by atoms with Gasteiger partial charge < -0.3 is 9.64 Å². The van der Waals surface area contributed by atoms with Crippen molar-refractivity contribution in [1.82, 2.24) is 14.8 Å². The fourth-order valence-corrected chi connectivity index (χ4v) is 3.28. The molecule has 138 valence electrons. The van der Waals surface area contributed by atoms with Crippen LogP contribution in [0.5, 0.6) is 5.75 Å². The van der Waals surface area contributed by atoms with Gasteiger partial charge in [0, 0.05) is 46.0 Å². The van der Waals surface area contributed by atoms with E-state index in [9.17, 15) is 9.18 Å². The van der Waals surface area contributed by atoms with Crippen molar-refractivity contribution >= 4 is 17.5 Å². The number of likely N-dealkylation sites (N-methyl/N-ethyl adjacent to an activating group) is 1. The van der Waals surface area contributed by atoms with Gasteiger partial charge in [0.05, 0.1) is 11.1 Å². The summed E-state index contributed by atoms with van der Waals surface area (Å²) in [4.78, 5) is 20.2. The lowest BCUT2D eigenvalue weighted by molar-refractivity contribution is -0.133. The van der Waals surface area contributed by atoms with Crippen LogP contribution >= 0.6 is 11.6 Å². The quantitative estimate of drug-likeness (QED) is 0.803. The van der Waals surface area contributed by atoms with Gasteiger partial charge in [-0.1, -0.05) is 17.7 Å². The highest BCUT2D eigenvalue weighted by Gasteiger charge is 2.38. The van der Waals surface area contributed by atoms with E-state index in [0.717, 1.165) is 11.3 Å². The van der Waals surface area contributed by atoms with E-state index >= 15 is 0 Å². The summed E-state index contributed by atoms with van der Waals surface area (Å²) in [6.45, 7) is 1.03. The molecule has 0 spiro atoms. The van der Waals surface area contributed by atoms with Gasteiger partial charge in [0.1, 0.15) is 17.7 Å². The van der Waals surface area contributed by atoms with Gasteiger partial charge in [-0.3, -0.25) is 14.7 Å². The van der Waals surface area contributed by atoms with E-state index in [4.69, 9.17) is 16.3 Å². The van der Waals surface area contributed by atoms with E-state index in [-0.39, 0.29) is 23.1 Å². The van der Waals surface area contributed by atoms with Crippen molar-refractivity contribution in [1.29, 1.82) is 0 Å². The smallest absolute Gasteiger partial charge is 0.239 e.